The number of halogens is 2. The van der Waals surface area contributed by atoms with Gasteiger partial charge in [0.1, 0.15) is 0 Å². The highest BCUT2D eigenvalue weighted by Gasteiger charge is 2.44. The smallest absolute Gasteiger partial charge is 0.410 e. The molecular weight excluding hydrogens is 449 g/mol. The van der Waals surface area contributed by atoms with E-state index in [1.165, 1.54) is 18.2 Å². The molecule has 2 saturated heterocycles. The lowest BCUT2D eigenvalue weighted by molar-refractivity contribution is -0.128. The Morgan fingerprint density at radius 3 is 1.81 bits per heavy atom. The van der Waals surface area contributed by atoms with Crippen molar-refractivity contribution >= 4 is 35.2 Å². The molecule has 4 rings (SSSR count). The summed E-state index contributed by atoms with van der Waals surface area (Å²) in [4.78, 5) is 28.4. The highest BCUT2D eigenvalue weighted by atomic mass is 35.5. The van der Waals surface area contributed by atoms with Crippen molar-refractivity contribution in [2.75, 3.05) is 33.2 Å². The normalized spacial score (nSPS) is 21.5. The van der Waals surface area contributed by atoms with E-state index in [0.717, 1.165) is 13.1 Å². The number of carbonyl (C=O) groups is 2. The maximum absolute atomic E-state index is 12.5. The maximum atomic E-state index is 12.5. The predicted molar refractivity (Wildman–Crippen MR) is 125 cm³/mol. The monoisotopic (exact) mass is 475 g/mol. The zero-order valence-electron chi connectivity index (χ0n) is 18.1. The van der Waals surface area contributed by atoms with E-state index in [1.54, 1.807) is 11.8 Å². The average molecular weight is 476 g/mol. The third-order valence-electron chi connectivity index (χ3n) is 6.40. The Morgan fingerprint density at radius 1 is 0.906 bits per heavy atom. The highest BCUT2D eigenvalue weighted by Crippen LogP contribution is 2.39. The number of benzene rings is 2. The molecule has 3 atom stereocenters. The van der Waals surface area contributed by atoms with Crippen LogP contribution in [0.3, 0.4) is 0 Å². The lowest BCUT2D eigenvalue weighted by atomic mass is 9.97. The van der Waals surface area contributed by atoms with Gasteiger partial charge in [-0.3, -0.25) is 9.69 Å². The van der Waals surface area contributed by atoms with Crippen molar-refractivity contribution in [2.24, 2.45) is 11.8 Å². The number of carbonyl (C=O) groups excluding carboxylic acids is 2. The molecule has 1 N–H and O–H groups in total. The molecule has 0 bridgehead atoms. The van der Waals surface area contributed by atoms with Gasteiger partial charge >= 0.3 is 6.09 Å². The summed E-state index contributed by atoms with van der Waals surface area (Å²) < 4.78 is 5.32. The second-order valence-corrected chi connectivity index (χ2v) is 9.40. The average Bonchev–Trinajstić information content (AvgIpc) is 3.35. The molecule has 2 fully saturated rings. The van der Waals surface area contributed by atoms with E-state index in [-0.39, 0.29) is 11.9 Å². The third kappa shape index (κ3) is 4.87. The molecule has 2 heterocycles. The van der Waals surface area contributed by atoms with Gasteiger partial charge in [-0.15, -0.1) is 0 Å². The summed E-state index contributed by atoms with van der Waals surface area (Å²) in [6.07, 6.45) is -1.22. The summed E-state index contributed by atoms with van der Waals surface area (Å²) in [6, 6.07) is 16.0. The molecule has 0 saturated carbocycles. The summed E-state index contributed by atoms with van der Waals surface area (Å²) in [5.41, 5.74) is 2.35. The van der Waals surface area contributed by atoms with Crippen molar-refractivity contribution in [1.82, 2.24) is 15.1 Å². The highest BCUT2D eigenvalue weighted by molar-refractivity contribution is 6.30. The first-order valence-corrected chi connectivity index (χ1v) is 11.5. The number of fused-ring (bicyclic) bond motifs is 1. The van der Waals surface area contributed by atoms with E-state index in [1.807, 2.05) is 24.3 Å². The van der Waals surface area contributed by atoms with Gasteiger partial charge in [0.05, 0.1) is 6.04 Å². The Hall–Kier alpha value is -2.28. The first-order chi connectivity index (χ1) is 15.4. The van der Waals surface area contributed by atoms with Crippen molar-refractivity contribution in [3.05, 3.63) is 69.7 Å². The fourth-order valence-corrected chi connectivity index (χ4v) is 5.03. The second kappa shape index (κ2) is 9.69. The molecule has 0 aromatic heterocycles. The molecule has 2 amide bonds. The molecule has 0 spiro atoms. The maximum Gasteiger partial charge on any atom is 0.410 e. The van der Waals surface area contributed by atoms with Crippen molar-refractivity contribution in [3.8, 4) is 0 Å². The van der Waals surface area contributed by atoms with Gasteiger partial charge in [-0.2, -0.15) is 0 Å². The largest absolute Gasteiger partial charge is 0.436 e. The van der Waals surface area contributed by atoms with Crippen LogP contribution in [0.25, 0.3) is 0 Å². The van der Waals surface area contributed by atoms with Crippen LogP contribution in [0.2, 0.25) is 10.0 Å². The molecule has 2 aliphatic rings. The summed E-state index contributed by atoms with van der Waals surface area (Å²) in [5.74, 6) is 0.414. The summed E-state index contributed by atoms with van der Waals surface area (Å²) in [6.45, 7) is 4.59. The molecule has 8 heteroatoms. The van der Waals surface area contributed by atoms with Crippen LogP contribution in [-0.2, 0) is 9.53 Å². The van der Waals surface area contributed by atoms with Crippen LogP contribution in [0, 0.1) is 11.8 Å². The van der Waals surface area contributed by atoms with Crippen LogP contribution in [0.4, 0.5) is 4.79 Å². The standard InChI is InChI=1S/C24H27Cl2N3O3/c1-15(23(30)27-2)32-24(31)29-13-18-11-28(12-19(18)14-29)22(16-3-7-20(25)8-4-16)17-5-9-21(26)10-6-17/h3-10,15,18-19,22H,11-14H2,1-2H3,(H,27,30). The van der Waals surface area contributed by atoms with Gasteiger partial charge in [0.2, 0.25) is 0 Å². The third-order valence-corrected chi connectivity index (χ3v) is 6.91. The number of amides is 2. The predicted octanol–water partition coefficient (Wildman–Crippen LogP) is 4.22. The number of likely N-dealkylation sites (N-methyl/N-ethyl adjacent to an activating group) is 1. The van der Waals surface area contributed by atoms with Gasteiger partial charge in [-0.05, 0) is 54.2 Å². The molecule has 6 nitrogen and oxygen atoms in total. The van der Waals surface area contributed by atoms with E-state index < -0.39 is 12.2 Å². The number of nitrogens with one attached hydrogen (secondary N) is 1. The zero-order chi connectivity index (χ0) is 22.8. The topological polar surface area (TPSA) is 61.9 Å². The molecule has 170 valence electrons. The molecule has 0 aliphatic carbocycles. The Balaban J connectivity index is 1.46. The van der Waals surface area contributed by atoms with Crippen molar-refractivity contribution in [3.63, 3.8) is 0 Å². The van der Waals surface area contributed by atoms with Gasteiger partial charge in [0.15, 0.2) is 6.10 Å². The number of rotatable bonds is 5. The van der Waals surface area contributed by atoms with E-state index in [9.17, 15) is 9.59 Å². The van der Waals surface area contributed by atoms with Crippen molar-refractivity contribution in [2.45, 2.75) is 19.1 Å². The second-order valence-electron chi connectivity index (χ2n) is 8.52. The minimum Gasteiger partial charge on any atom is -0.436 e. The first-order valence-electron chi connectivity index (χ1n) is 10.8. The van der Waals surface area contributed by atoms with E-state index in [0.29, 0.717) is 35.0 Å². The Labute approximate surface area is 198 Å². The van der Waals surface area contributed by atoms with Gasteiger partial charge in [-0.25, -0.2) is 4.79 Å². The molecule has 0 radical (unpaired) electrons. The van der Waals surface area contributed by atoms with Gasteiger partial charge in [-0.1, -0.05) is 47.5 Å². The van der Waals surface area contributed by atoms with E-state index in [2.05, 4.69) is 34.5 Å². The fourth-order valence-electron chi connectivity index (χ4n) is 4.78. The SMILES string of the molecule is CNC(=O)C(C)OC(=O)N1CC2CN(C(c3ccc(Cl)cc3)c3ccc(Cl)cc3)CC2C1. The van der Waals surface area contributed by atoms with Crippen molar-refractivity contribution < 1.29 is 14.3 Å². The number of hydrogen-bond acceptors (Lipinski definition) is 4. The minimum atomic E-state index is -0.802. The van der Waals surface area contributed by atoms with Gasteiger partial charge in [0.25, 0.3) is 5.91 Å². The summed E-state index contributed by atoms with van der Waals surface area (Å²) in [5, 5.41) is 3.92. The lowest BCUT2D eigenvalue weighted by Gasteiger charge is -2.30. The van der Waals surface area contributed by atoms with Gasteiger partial charge < -0.3 is 15.0 Å². The Bertz CT molecular complexity index is 908. The fraction of sp³-hybridized carbons (Fsp3) is 0.417. The van der Waals surface area contributed by atoms with E-state index in [4.69, 9.17) is 27.9 Å². The van der Waals surface area contributed by atoms with Crippen LogP contribution in [0.5, 0.6) is 0 Å². The minimum absolute atomic E-state index is 0.0869. The summed E-state index contributed by atoms with van der Waals surface area (Å²) in [7, 11) is 1.53. The van der Waals surface area contributed by atoms with Crippen LogP contribution in [0.1, 0.15) is 24.1 Å². The molecule has 2 aromatic carbocycles. The molecule has 2 aliphatic heterocycles. The number of hydrogen-bond donors (Lipinski definition) is 1. The summed E-state index contributed by atoms with van der Waals surface area (Å²) >= 11 is 12.3. The first kappa shape index (κ1) is 22.9. The van der Waals surface area contributed by atoms with Crippen LogP contribution in [-0.4, -0.2) is 61.1 Å². The Morgan fingerprint density at radius 2 is 1.38 bits per heavy atom. The lowest BCUT2D eigenvalue weighted by Crippen LogP contribution is -2.39. The number of likely N-dealkylation sites (tertiary alicyclic amines) is 2. The molecule has 2 aromatic rings. The van der Waals surface area contributed by atoms with Gasteiger partial charge in [0, 0.05) is 43.3 Å². The van der Waals surface area contributed by atoms with Crippen LogP contribution in [0.15, 0.2) is 48.5 Å². The molecular formula is C24H27Cl2N3O3. The van der Waals surface area contributed by atoms with E-state index >= 15 is 0 Å². The van der Waals surface area contributed by atoms with Crippen LogP contribution >= 0.6 is 23.2 Å². The zero-order valence-corrected chi connectivity index (χ0v) is 19.6. The quantitative estimate of drug-likeness (QED) is 0.702. The Kier molecular flexibility index (Phi) is 6.93. The van der Waals surface area contributed by atoms with Crippen molar-refractivity contribution in [1.29, 1.82) is 0 Å². The number of nitrogens with zero attached hydrogens (tertiary/aromatic N) is 2. The molecule has 32 heavy (non-hydrogen) atoms. The van der Waals surface area contributed by atoms with Crippen LogP contribution < -0.4 is 5.32 Å². The molecule has 3 unspecified atom stereocenters. The number of ether oxygens (including phenoxy) is 1.